The summed E-state index contributed by atoms with van der Waals surface area (Å²) in [4.78, 5) is 35.7. The molecule has 0 aliphatic carbocycles. The van der Waals surface area contributed by atoms with Gasteiger partial charge >= 0.3 is 18.0 Å². The lowest BCUT2D eigenvalue weighted by Gasteiger charge is -2.10. The van der Waals surface area contributed by atoms with E-state index in [-0.39, 0.29) is 22.6 Å². The standard InChI is InChI=1S/C22H15Cl2N3O5/c23-16-6-1-13(2-7-16)20(28)31-18-10-5-15(12-26-27-22(25)30)19(11-18)32-21(29)14-3-8-17(24)9-4-14/h1-12H,(H3,25,27,30)/b26-12-. The first kappa shape index (κ1) is 22.8. The number of amides is 2. The number of primary amides is 1. The lowest BCUT2D eigenvalue weighted by atomic mass is 10.2. The van der Waals surface area contributed by atoms with Gasteiger partial charge < -0.3 is 15.2 Å². The average molecular weight is 472 g/mol. The van der Waals surface area contributed by atoms with Crippen molar-refractivity contribution in [2.24, 2.45) is 10.8 Å². The molecule has 10 heteroatoms. The molecule has 0 radical (unpaired) electrons. The van der Waals surface area contributed by atoms with E-state index in [0.29, 0.717) is 15.6 Å². The van der Waals surface area contributed by atoms with Crippen LogP contribution in [0.1, 0.15) is 26.3 Å². The smallest absolute Gasteiger partial charge is 0.343 e. The molecule has 3 N–H and O–H groups in total. The number of carbonyl (C=O) groups is 3. The van der Waals surface area contributed by atoms with E-state index >= 15 is 0 Å². The SMILES string of the molecule is NC(=O)N/N=C\c1ccc(OC(=O)c2ccc(Cl)cc2)cc1OC(=O)c1ccc(Cl)cc1. The molecule has 3 aromatic carbocycles. The molecular formula is C22H15Cl2N3O5. The molecule has 0 heterocycles. The Balaban J connectivity index is 1.86. The summed E-state index contributed by atoms with van der Waals surface area (Å²) >= 11 is 11.7. The Morgan fingerprint density at radius 3 is 1.88 bits per heavy atom. The first-order valence-corrected chi connectivity index (χ1v) is 9.75. The second kappa shape index (κ2) is 10.4. The number of urea groups is 1. The third-order valence-corrected chi connectivity index (χ3v) is 4.44. The number of esters is 2. The normalized spacial score (nSPS) is 10.6. The van der Waals surface area contributed by atoms with Crippen LogP contribution in [0.15, 0.2) is 71.8 Å². The molecule has 0 bridgehead atoms. The fourth-order valence-electron chi connectivity index (χ4n) is 2.44. The number of nitrogens with one attached hydrogen (secondary N) is 1. The monoisotopic (exact) mass is 471 g/mol. The highest BCUT2D eigenvalue weighted by molar-refractivity contribution is 6.31. The zero-order valence-electron chi connectivity index (χ0n) is 16.2. The van der Waals surface area contributed by atoms with Crippen LogP contribution in [-0.2, 0) is 0 Å². The van der Waals surface area contributed by atoms with Gasteiger partial charge in [-0.15, -0.1) is 0 Å². The van der Waals surface area contributed by atoms with Crippen molar-refractivity contribution < 1.29 is 23.9 Å². The number of halogens is 2. The lowest BCUT2D eigenvalue weighted by molar-refractivity contribution is 0.0732. The van der Waals surface area contributed by atoms with Gasteiger partial charge in [0.1, 0.15) is 11.5 Å². The summed E-state index contributed by atoms with van der Waals surface area (Å²) < 4.78 is 10.8. The largest absolute Gasteiger partial charge is 0.423 e. The minimum atomic E-state index is -0.866. The second-order valence-corrected chi connectivity index (χ2v) is 7.10. The number of nitrogens with zero attached hydrogens (tertiary/aromatic N) is 1. The van der Waals surface area contributed by atoms with Gasteiger partial charge in [-0.05, 0) is 60.7 Å². The maximum Gasteiger partial charge on any atom is 0.343 e. The molecule has 0 unspecified atom stereocenters. The summed E-state index contributed by atoms with van der Waals surface area (Å²) in [6.07, 6.45) is 1.22. The summed E-state index contributed by atoms with van der Waals surface area (Å²) in [5.74, 6) is -1.17. The summed E-state index contributed by atoms with van der Waals surface area (Å²) in [7, 11) is 0. The highest BCUT2D eigenvalue weighted by atomic mass is 35.5. The summed E-state index contributed by atoms with van der Waals surface area (Å²) in [6.45, 7) is 0. The Hall–Kier alpha value is -3.88. The van der Waals surface area contributed by atoms with E-state index in [0.717, 1.165) is 0 Å². The van der Waals surface area contributed by atoms with Gasteiger partial charge in [0, 0.05) is 21.7 Å². The number of hydrogen-bond acceptors (Lipinski definition) is 6. The van der Waals surface area contributed by atoms with Gasteiger partial charge in [0.25, 0.3) is 0 Å². The molecule has 0 aromatic heterocycles. The lowest BCUT2D eigenvalue weighted by Crippen LogP contribution is -2.24. The van der Waals surface area contributed by atoms with Gasteiger partial charge in [-0.1, -0.05) is 23.2 Å². The molecule has 0 aliphatic rings. The molecular weight excluding hydrogens is 457 g/mol. The Bertz CT molecular complexity index is 1180. The van der Waals surface area contributed by atoms with Crippen LogP contribution < -0.4 is 20.6 Å². The van der Waals surface area contributed by atoms with Gasteiger partial charge in [0.05, 0.1) is 17.3 Å². The van der Waals surface area contributed by atoms with Crippen molar-refractivity contribution in [2.45, 2.75) is 0 Å². The van der Waals surface area contributed by atoms with Crippen LogP contribution >= 0.6 is 23.2 Å². The average Bonchev–Trinajstić information content (AvgIpc) is 2.76. The second-order valence-electron chi connectivity index (χ2n) is 6.23. The summed E-state index contributed by atoms with van der Waals surface area (Å²) in [5, 5.41) is 4.60. The molecule has 0 saturated heterocycles. The van der Waals surface area contributed by atoms with Gasteiger partial charge in [-0.2, -0.15) is 5.10 Å². The van der Waals surface area contributed by atoms with Crippen LogP contribution in [0.5, 0.6) is 11.5 Å². The Morgan fingerprint density at radius 1 is 0.812 bits per heavy atom. The summed E-state index contributed by atoms with van der Waals surface area (Å²) in [5.41, 5.74) is 7.87. The number of hydrogen-bond donors (Lipinski definition) is 2. The van der Waals surface area contributed by atoms with Crippen molar-refractivity contribution in [2.75, 3.05) is 0 Å². The van der Waals surface area contributed by atoms with Crippen LogP contribution in [-0.4, -0.2) is 24.2 Å². The Morgan fingerprint density at radius 2 is 1.34 bits per heavy atom. The van der Waals surface area contributed by atoms with Gasteiger partial charge in [0.15, 0.2) is 0 Å². The van der Waals surface area contributed by atoms with E-state index < -0.39 is 18.0 Å². The van der Waals surface area contributed by atoms with Crippen molar-refractivity contribution in [3.8, 4) is 11.5 Å². The van der Waals surface area contributed by atoms with Crippen LogP contribution in [0.3, 0.4) is 0 Å². The van der Waals surface area contributed by atoms with Crippen LogP contribution in [0.25, 0.3) is 0 Å². The van der Waals surface area contributed by atoms with E-state index in [2.05, 4.69) is 5.10 Å². The van der Waals surface area contributed by atoms with Crippen molar-refractivity contribution >= 4 is 47.4 Å². The number of ether oxygens (including phenoxy) is 2. The molecule has 0 spiro atoms. The van der Waals surface area contributed by atoms with Gasteiger partial charge in [0.2, 0.25) is 0 Å². The minimum Gasteiger partial charge on any atom is -0.423 e. The number of carbonyl (C=O) groups excluding carboxylic acids is 3. The first-order chi connectivity index (χ1) is 15.3. The molecule has 0 saturated carbocycles. The fraction of sp³-hybridized carbons (Fsp3) is 0. The zero-order valence-corrected chi connectivity index (χ0v) is 17.8. The van der Waals surface area contributed by atoms with Gasteiger partial charge in [-0.3, -0.25) is 0 Å². The molecule has 0 atom stereocenters. The fourth-order valence-corrected chi connectivity index (χ4v) is 2.69. The van der Waals surface area contributed by atoms with E-state index in [1.54, 1.807) is 24.3 Å². The predicted octanol–water partition coefficient (Wildman–Crippen LogP) is 4.43. The molecule has 0 aliphatic heterocycles. The molecule has 0 fully saturated rings. The summed E-state index contributed by atoms with van der Waals surface area (Å²) in [6, 6.07) is 15.7. The molecule has 3 aromatic rings. The zero-order chi connectivity index (χ0) is 23.1. The number of hydrazone groups is 1. The van der Waals surface area contributed by atoms with Crippen molar-refractivity contribution in [1.82, 2.24) is 5.43 Å². The van der Waals surface area contributed by atoms with Crippen molar-refractivity contribution in [3.63, 3.8) is 0 Å². The highest BCUT2D eigenvalue weighted by Crippen LogP contribution is 2.26. The topological polar surface area (TPSA) is 120 Å². The van der Waals surface area contributed by atoms with Crippen LogP contribution in [0.4, 0.5) is 4.79 Å². The minimum absolute atomic E-state index is 0.0291. The van der Waals surface area contributed by atoms with Crippen LogP contribution in [0.2, 0.25) is 10.0 Å². The molecule has 2 amide bonds. The van der Waals surface area contributed by atoms with E-state index in [1.807, 2.05) is 5.43 Å². The number of rotatable bonds is 6. The van der Waals surface area contributed by atoms with Crippen LogP contribution in [0, 0.1) is 0 Å². The highest BCUT2D eigenvalue weighted by Gasteiger charge is 2.15. The molecule has 32 heavy (non-hydrogen) atoms. The van der Waals surface area contributed by atoms with Crippen molar-refractivity contribution in [3.05, 3.63) is 93.5 Å². The quantitative estimate of drug-likeness (QED) is 0.238. The maximum absolute atomic E-state index is 12.5. The Labute approximate surface area is 192 Å². The number of nitrogens with two attached hydrogens (primary N) is 1. The predicted molar refractivity (Wildman–Crippen MR) is 120 cm³/mol. The first-order valence-electron chi connectivity index (χ1n) is 9.00. The number of benzene rings is 3. The van der Waals surface area contributed by atoms with E-state index in [4.69, 9.17) is 38.4 Å². The molecule has 162 valence electrons. The Kier molecular flexibility index (Phi) is 7.43. The van der Waals surface area contributed by atoms with Gasteiger partial charge in [-0.25, -0.2) is 19.8 Å². The maximum atomic E-state index is 12.5. The third-order valence-electron chi connectivity index (χ3n) is 3.94. The molecule has 3 rings (SSSR count). The van der Waals surface area contributed by atoms with Crippen molar-refractivity contribution in [1.29, 1.82) is 0 Å². The van der Waals surface area contributed by atoms with E-state index in [1.165, 1.54) is 48.7 Å². The third kappa shape index (κ3) is 6.31. The van der Waals surface area contributed by atoms with E-state index in [9.17, 15) is 14.4 Å². The molecule has 8 nitrogen and oxygen atoms in total.